The lowest BCUT2D eigenvalue weighted by Gasteiger charge is -2.26. The largest absolute Gasteiger partial charge is 0.468 e. The predicted octanol–water partition coefficient (Wildman–Crippen LogP) is 2.87. The number of esters is 1. The van der Waals surface area contributed by atoms with Crippen molar-refractivity contribution in [3.05, 3.63) is 78.5 Å². The summed E-state index contributed by atoms with van der Waals surface area (Å²) in [6, 6.07) is 11.6. The van der Waals surface area contributed by atoms with Crippen molar-refractivity contribution in [2.24, 2.45) is 0 Å². The maximum Gasteiger partial charge on any atom is 0.308 e. The van der Waals surface area contributed by atoms with Crippen molar-refractivity contribution in [1.82, 2.24) is 4.31 Å². The van der Waals surface area contributed by atoms with Crippen LogP contribution in [0.5, 0.6) is 5.75 Å². The fraction of sp³-hybridized carbons (Fsp3) is 0.174. The van der Waals surface area contributed by atoms with Gasteiger partial charge in [0.1, 0.15) is 23.4 Å². The molecule has 4 rings (SSSR count). The van der Waals surface area contributed by atoms with E-state index in [-0.39, 0.29) is 28.6 Å². The predicted molar refractivity (Wildman–Crippen MR) is 116 cm³/mol. The number of carbonyl (C=O) groups is 3. The van der Waals surface area contributed by atoms with Gasteiger partial charge < -0.3 is 9.15 Å². The van der Waals surface area contributed by atoms with Crippen LogP contribution >= 0.6 is 0 Å². The highest BCUT2D eigenvalue weighted by atomic mass is 32.2. The molecule has 0 saturated carbocycles. The van der Waals surface area contributed by atoms with Gasteiger partial charge in [-0.2, -0.15) is 4.31 Å². The minimum Gasteiger partial charge on any atom is -0.468 e. The zero-order chi connectivity index (χ0) is 24.5. The molecule has 1 aromatic heterocycles. The number of ether oxygens (including phenoxy) is 1. The molecular formula is C23H19FN2O7S. The van der Waals surface area contributed by atoms with Gasteiger partial charge in [-0.25, -0.2) is 17.7 Å². The van der Waals surface area contributed by atoms with E-state index in [1.807, 2.05) is 0 Å². The van der Waals surface area contributed by atoms with Crippen LogP contribution in [0.2, 0.25) is 0 Å². The first-order chi connectivity index (χ1) is 16.2. The van der Waals surface area contributed by atoms with E-state index in [9.17, 15) is 27.2 Å². The molecule has 34 heavy (non-hydrogen) atoms. The van der Waals surface area contributed by atoms with Crippen LogP contribution in [-0.4, -0.2) is 36.5 Å². The molecule has 0 aliphatic carbocycles. The number of nitrogens with zero attached hydrogens (tertiary/aromatic N) is 2. The molecule has 2 heterocycles. The van der Waals surface area contributed by atoms with Gasteiger partial charge in [0.25, 0.3) is 5.91 Å². The SMILES string of the molecule is CC(=O)Oc1ccc(N2C(=O)CC(N(Cc3ccco3)S(=O)(=O)c3ccc(F)cc3)C2=O)cc1. The number of anilines is 1. The van der Waals surface area contributed by atoms with Crippen LogP contribution in [-0.2, 0) is 31.0 Å². The van der Waals surface area contributed by atoms with Gasteiger partial charge in [-0.3, -0.25) is 14.4 Å². The molecule has 3 aromatic rings. The average Bonchev–Trinajstić information content (AvgIpc) is 3.40. The summed E-state index contributed by atoms with van der Waals surface area (Å²) in [5.74, 6) is -2.01. The van der Waals surface area contributed by atoms with Gasteiger partial charge in [0.15, 0.2) is 0 Å². The molecule has 176 valence electrons. The molecule has 0 radical (unpaired) electrons. The van der Waals surface area contributed by atoms with Crippen LogP contribution in [0.15, 0.2) is 76.2 Å². The first kappa shape index (κ1) is 23.3. The second-order valence-electron chi connectivity index (χ2n) is 7.46. The van der Waals surface area contributed by atoms with Crippen molar-refractivity contribution in [2.45, 2.75) is 30.8 Å². The maximum absolute atomic E-state index is 13.4. The lowest BCUT2D eigenvalue weighted by Crippen LogP contribution is -2.45. The lowest BCUT2D eigenvalue weighted by atomic mass is 10.2. The highest BCUT2D eigenvalue weighted by molar-refractivity contribution is 7.89. The van der Waals surface area contributed by atoms with E-state index < -0.39 is 46.1 Å². The maximum atomic E-state index is 13.4. The summed E-state index contributed by atoms with van der Waals surface area (Å²) >= 11 is 0. The Morgan fingerprint density at radius 3 is 2.38 bits per heavy atom. The number of amides is 2. The van der Waals surface area contributed by atoms with Crippen molar-refractivity contribution < 1.29 is 36.3 Å². The summed E-state index contributed by atoms with van der Waals surface area (Å²) in [5, 5.41) is 0. The minimum atomic E-state index is -4.31. The second kappa shape index (κ2) is 9.20. The first-order valence-electron chi connectivity index (χ1n) is 10.1. The number of furan rings is 1. The van der Waals surface area contributed by atoms with Crippen LogP contribution in [0.3, 0.4) is 0 Å². The Morgan fingerprint density at radius 1 is 1.12 bits per heavy atom. The van der Waals surface area contributed by atoms with E-state index in [4.69, 9.17) is 9.15 Å². The van der Waals surface area contributed by atoms with Crippen LogP contribution in [0, 0.1) is 5.82 Å². The van der Waals surface area contributed by atoms with E-state index in [0.29, 0.717) is 0 Å². The van der Waals surface area contributed by atoms with Gasteiger partial charge in [-0.1, -0.05) is 0 Å². The van der Waals surface area contributed by atoms with E-state index in [0.717, 1.165) is 33.5 Å². The second-order valence-corrected chi connectivity index (χ2v) is 9.35. The summed E-state index contributed by atoms with van der Waals surface area (Å²) in [7, 11) is -4.31. The fourth-order valence-corrected chi connectivity index (χ4v) is 5.15. The first-order valence-corrected chi connectivity index (χ1v) is 11.6. The Balaban J connectivity index is 1.68. The zero-order valence-corrected chi connectivity index (χ0v) is 18.7. The molecule has 1 fully saturated rings. The molecule has 9 nitrogen and oxygen atoms in total. The number of halogens is 1. The van der Waals surface area contributed by atoms with Gasteiger partial charge in [0, 0.05) is 6.92 Å². The van der Waals surface area contributed by atoms with Crippen molar-refractivity contribution in [1.29, 1.82) is 0 Å². The van der Waals surface area contributed by atoms with E-state index in [1.54, 1.807) is 12.1 Å². The van der Waals surface area contributed by atoms with Gasteiger partial charge in [-0.15, -0.1) is 0 Å². The van der Waals surface area contributed by atoms with Crippen LogP contribution in [0.4, 0.5) is 10.1 Å². The van der Waals surface area contributed by atoms with Crippen molar-refractivity contribution >= 4 is 33.5 Å². The van der Waals surface area contributed by atoms with Crippen LogP contribution in [0.25, 0.3) is 0 Å². The Hall–Kier alpha value is -3.83. The van der Waals surface area contributed by atoms with Gasteiger partial charge >= 0.3 is 5.97 Å². The third kappa shape index (κ3) is 4.61. The molecule has 11 heteroatoms. The summed E-state index contributed by atoms with van der Waals surface area (Å²) in [5.41, 5.74) is 0.200. The molecule has 0 N–H and O–H groups in total. The number of benzene rings is 2. The summed E-state index contributed by atoms with van der Waals surface area (Å²) in [6.45, 7) is 0.927. The number of imide groups is 1. The highest BCUT2D eigenvalue weighted by Gasteiger charge is 2.47. The van der Waals surface area contributed by atoms with Crippen molar-refractivity contribution in [3.63, 3.8) is 0 Å². The third-order valence-electron chi connectivity index (χ3n) is 5.14. The van der Waals surface area contributed by atoms with Crippen LogP contribution in [0.1, 0.15) is 19.1 Å². The normalized spacial score (nSPS) is 16.3. The summed E-state index contributed by atoms with van der Waals surface area (Å²) < 4.78 is 51.3. The van der Waals surface area contributed by atoms with Gasteiger partial charge in [0.2, 0.25) is 15.9 Å². The molecule has 0 bridgehead atoms. The molecule has 1 aliphatic heterocycles. The quantitative estimate of drug-likeness (QED) is 0.287. The summed E-state index contributed by atoms with van der Waals surface area (Å²) in [6.07, 6.45) is 0.961. The molecule has 0 spiro atoms. The Labute approximate surface area is 194 Å². The van der Waals surface area contributed by atoms with Crippen LogP contribution < -0.4 is 9.64 Å². The van der Waals surface area contributed by atoms with E-state index in [1.165, 1.54) is 37.5 Å². The Bertz CT molecular complexity index is 1320. The molecule has 2 amide bonds. The number of rotatable bonds is 7. The van der Waals surface area contributed by atoms with Gasteiger partial charge in [0.05, 0.1) is 29.8 Å². The van der Waals surface area contributed by atoms with Gasteiger partial charge in [-0.05, 0) is 60.7 Å². The number of sulfonamides is 1. The third-order valence-corrected chi connectivity index (χ3v) is 7.01. The molecule has 2 aromatic carbocycles. The summed E-state index contributed by atoms with van der Waals surface area (Å²) in [4.78, 5) is 37.9. The average molecular weight is 486 g/mol. The topological polar surface area (TPSA) is 114 Å². The van der Waals surface area contributed by atoms with Crippen molar-refractivity contribution in [3.8, 4) is 5.75 Å². The number of carbonyl (C=O) groups excluding carboxylic acids is 3. The van der Waals surface area contributed by atoms with E-state index in [2.05, 4.69) is 0 Å². The monoisotopic (exact) mass is 486 g/mol. The molecule has 1 aliphatic rings. The Morgan fingerprint density at radius 2 is 1.79 bits per heavy atom. The smallest absolute Gasteiger partial charge is 0.308 e. The number of hydrogen-bond donors (Lipinski definition) is 0. The molecular weight excluding hydrogens is 467 g/mol. The lowest BCUT2D eigenvalue weighted by molar-refractivity contribution is -0.132. The minimum absolute atomic E-state index is 0.200. The number of hydrogen-bond acceptors (Lipinski definition) is 7. The highest BCUT2D eigenvalue weighted by Crippen LogP contribution is 2.31. The molecule has 1 unspecified atom stereocenters. The molecule has 1 saturated heterocycles. The fourth-order valence-electron chi connectivity index (χ4n) is 3.60. The van der Waals surface area contributed by atoms with Crippen molar-refractivity contribution in [2.75, 3.05) is 4.90 Å². The standard InChI is InChI=1S/C23H19FN2O7S/c1-15(27)33-18-8-6-17(7-9-18)26-22(28)13-21(23(26)29)25(14-19-3-2-12-32-19)34(30,31)20-10-4-16(24)5-11-20/h2-12,21H,13-14H2,1H3. The molecule has 1 atom stereocenters. The zero-order valence-electron chi connectivity index (χ0n) is 17.9. The Kier molecular flexibility index (Phi) is 6.31. The van der Waals surface area contributed by atoms with E-state index >= 15 is 0 Å².